The summed E-state index contributed by atoms with van der Waals surface area (Å²) >= 11 is 0. The number of nitrogens with one attached hydrogen (secondary N) is 2. The number of carbonyl (C=O) groups excluding carboxylic acids is 2. The molecule has 7 nitrogen and oxygen atoms in total. The number of hydrazine groups is 1. The summed E-state index contributed by atoms with van der Waals surface area (Å²) in [5.41, 5.74) is 6.19. The number of para-hydroxylation sites is 1. The third kappa shape index (κ3) is 4.85. The molecule has 0 aliphatic heterocycles. The topological polar surface area (TPSA) is 83.6 Å². The minimum Gasteiger partial charge on any atom is -0.457 e. The lowest BCUT2D eigenvalue weighted by Gasteiger charge is -2.13. The first-order valence-electron chi connectivity index (χ1n) is 8.60. The maximum atomic E-state index is 12.3. The summed E-state index contributed by atoms with van der Waals surface area (Å²) in [6, 6.07) is 19.4. The molecule has 0 saturated heterocycles. The van der Waals surface area contributed by atoms with Crippen molar-refractivity contribution < 1.29 is 14.3 Å². The van der Waals surface area contributed by atoms with E-state index in [0.29, 0.717) is 17.1 Å². The van der Waals surface area contributed by atoms with Crippen molar-refractivity contribution in [2.75, 3.05) is 19.0 Å². The minimum atomic E-state index is -0.546. The van der Waals surface area contributed by atoms with Crippen LogP contribution in [0.15, 0.2) is 72.9 Å². The van der Waals surface area contributed by atoms with Crippen LogP contribution in [-0.2, 0) is 0 Å². The SMILES string of the molecule is CN(C)c1cccc(C(=O)NNC(=O)c2cc(Oc3ccccc3)ccn2)c1. The summed E-state index contributed by atoms with van der Waals surface area (Å²) in [5.74, 6) is 0.148. The van der Waals surface area contributed by atoms with Gasteiger partial charge in [-0.1, -0.05) is 24.3 Å². The van der Waals surface area contributed by atoms with Gasteiger partial charge in [0.1, 0.15) is 17.2 Å². The van der Waals surface area contributed by atoms with Crippen LogP contribution in [0.3, 0.4) is 0 Å². The molecule has 3 aromatic rings. The van der Waals surface area contributed by atoms with Crippen LogP contribution in [0.4, 0.5) is 5.69 Å². The van der Waals surface area contributed by atoms with Crippen LogP contribution in [0.5, 0.6) is 11.5 Å². The van der Waals surface area contributed by atoms with Crippen LogP contribution >= 0.6 is 0 Å². The third-order valence-corrected chi connectivity index (χ3v) is 3.86. The van der Waals surface area contributed by atoms with Gasteiger partial charge in [0.25, 0.3) is 11.8 Å². The summed E-state index contributed by atoms with van der Waals surface area (Å²) < 4.78 is 5.69. The molecule has 0 atom stereocenters. The molecular weight excluding hydrogens is 356 g/mol. The van der Waals surface area contributed by atoms with Crippen molar-refractivity contribution in [1.29, 1.82) is 0 Å². The lowest BCUT2D eigenvalue weighted by atomic mass is 10.2. The van der Waals surface area contributed by atoms with Crippen LogP contribution in [0, 0.1) is 0 Å². The Kier molecular flexibility index (Phi) is 5.86. The molecule has 0 unspecified atom stereocenters. The molecule has 0 bridgehead atoms. The van der Waals surface area contributed by atoms with Crippen LogP contribution < -0.4 is 20.5 Å². The number of benzene rings is 2. The highest BCUT2D eigenvalue weighted by atomic mass is 16.5. The molecule has 3 rings (SSSR count). The van der Waals surface area contributed by atoms with Gasteiger partial charge in [0.2, 0.25) is 0 Å². The summed E-state index contributed by atoms with van der Waals surface area (Å²) in [6.07, 6.45) is 1.47. The fourth-order valence-electron chi connectivity index (χ4n) is 2.40. The van der Waals surface area contributed by atoms with Crippen molar-refractivity contribution in [3.63, 3.8) is 0 Å². The molecule has 0 aliphatic rings. The molecule has 7 heteroatoms. The second kappa shape index (κ2) is 8.68. The zero-order valence-electron chi connectivity index (χ0n) is 15.5. The van der Waals surface area contributed by atoms with Gasteiger partial charge >= 0.3 is 0 Å². The summed E-state index contributed by atoms with van der Waals surface area (Å²) in [6.45, 7) is 0. The number of amides is 2. The molecule has 0 fully saturated rings. The molecular formula is C21H20N4O3. The Bertz CT molecular complexity index is 974. The maximum absolute atomic E-state index is 12.3. The van der Waals surface area contributed by atoms with Crippen LogP contribution in [0.1, 0.15) is 20.8 Å². The van der Waals surface area contributed by atoms with Crippen LogP contribution in [-0.4, -0.2) is 30.9 Å². The largest absolute Gasteiger partial charge is 0.457 e. The highest BCUT2D eigenvalue weighted by Crippen LogP contribution is 2.20. The van der Waals surface area contributed by atoms with E-state index in [9.17, 15) is 9.59 Å². The predicted octanol–water partition coefficient (Wildman–Crippen LogP) is 3.01. The van der Waals surface area contributed by atoms with Crippen molar-refractivity contribution in [2.24, 2.45) is 0 Å². The van der Waals surface area contributed by atoms with Gasteiger partial charge in [-0.25, -0.2) is 0 Å². The lowest BCUT2D eigenvalue weighted by Crippen LogP contribution is -2.42. The molecule has 1 heterocycles. The first-order chi connectivity index (χ1) is 13.5. The second-order valence-electron chi connectivity index (χ2n) is 6.14. The molecule has 142 valence electrons. The Balaban J connectivity index is 1.62. The van der Waals surface area contributed by atoms with Gasteiger partial charge in [-0.05, 0) is 36.4 Å². The van der Waals surface area contributed by atoms with Gasteiger partial charge in [-0.15, -0.1) is 0 Å². The first-order valence-corrected chi connectivity index (χ1v) is 8.60. The van der Waals surface area contributed by atoms with Gasteiger partial charge < -0.3 is 9.64 Å². The van der Waals surface area contributed by atoms with Crippen molar-refractivity contribution in [3.05, 3.63) is 84.2 Å². The molecule has 0 radical (unpaired) electrons. The van der Waals surface area contributed by atoms with E-state index in [0.717, 1.165) is 5.69 Å². The Morgan fingerprint density at radius 1 is 0.857 bits per heavy atom. The highest BCUT2D eigenvalue weighted by Gasteiger charge is 2.12. The van der Waals surface area contributed by atoms with Gasteiger partial charge in [0.05, 0.1) is 0 Å². The van der Waals surface area contributed by atoms with Gasteiger partial charge in [0, 0.05) is 37.6 Å². The monoisotopic (exact) mass is 376 g/mol. The molecule has 2 amide bonds. The number of hydrogen-bond donors (Lipinski definition) is 2. The fraction of sp³-hybridized carbons (Fsp3) is 0.0952. The van der Waals surface area contributed by atoms with E-state index >= 15 is 0 Å². The second-order valence-corrected chi connectivity index (χ2v) is 6.14. The Hall–Kier alpha value is -3.87. The zero-order chi connectivity index (χ0) is 19.9. The van der Waals surface area contributed by atoms with Crippen molar-refractivity contribution >= 4 is 17.5 Å². The highest BCUT2D eigenvalue weighted by molar-refractivity contribution is 5.98. The van der Waals surface area contributed by atoms with Crippen LogP contribution in [0.2, 0.25) is 0 Å². The molecule has 28 heavy (non-hydrogen) atoms. The zero-order valence-corrected chi connectivity index (χ0v) is 15.5. The normalized spacial score (nSPS) is 10.1. The molecule has 0 aliphatic carbocycles. The molecule has 0 saturated carbocycles. The summed E-state index contributed by atoms with van der Waals surface area (Å²) in [7, 11) is 3.77. The van der Waals surface area contributed by atoms with E-state index in [1.807, 2.05) is 55.4 Å². The fourth-order valence-corrected chi connectivity index (χ4v) is 2.40. The van der Waals surface area contributed by atoms with E-state index in [2.05, 4.69) is 15.8 Å². The number of hydrogen-bond acceptors (Lipinski definition) is 5. The van der Waals surface area contributed by atoms with E-state index in [4.69, 9.17) is 4.74 Å². The average molecular weight is 376 g/mol. The Morgan fingerprint density at radius 2 is 1.61 bits per heavy atom. The number of anilines is 1. The third-order valence-electron chi connectivity index (χ3n) is 3.86. The summed E-state index contributed by atoms with van der Waals surface area (Å²) in [4.78, 5) is 30.5. The van der Waals surface area contributed by atoms with Crippen molar-refractivity contribution in [1.82, 2.24) is 15.8 Å². The average Bonchev–Trinajstić information content (AvgIpc) is 2.72. The van der Waals surface area contributed by atoms with Gasteiger partial charge in [0.15, 0.2) is 0 Å². The van der Waals surface area contributed by atoms with Gasteiger partial charge in [-0.3, -0.25) is 25.4 Å². The van der Waals surface area contributed by atoms with Crippen molar-refractivity contribution in [2.45, 2.75) is 0 Å². The maximum Gasteiger partial charge on any atom is 0.288 e. The molecule has 2 aromatic carbocycles. The number of carbonyl (C=O) groups is 2. The molecule has 2 N–H and O–H groups in total. The van der Waals surface area contributed by atoms with Crippen molar-refractivity contribution in [3.8, 4) is 11.5 Å². The van der Waals surface area contributed by atoms with Crippen LogP contribution in [0.25, 0.3) is 0 Å². The number of aromatic nitrogens is 1. The number of ether oxygens (including phenoxy) is 1. The molecule has 1 aromatic heterocycles. The quantitative estimate of drug-likeness (QED) is 0.669. The Morgan fingerprint density at radius 3 is 2.36 bits per heavy atom. The first kappa shape index (κ1) is 18.9. The van der Waals surface area contributed by atoms with E-state index in [1.54, 1.807) is 24.3 Å². The van der Waals surface area contributed by atoms with Gasteiger partial charge in [-0.2, -0.15) is 0 Å². The number of nitrogens with zero attached hydrogens (tertiary/aromatic N) is 2. The lowest BCUT2D eigenvalue weighted by molar-refractivity contribution is 0.0844. The smallest absolute Gasteiger partial charge is 0.288 e. The minimum absolute atomic E-state index is 0.121. The standard InChI is InChI=1S/C21H20N4O3/c1-25(2)16-8-6-7-15(13-16)20(26)23-24-21(27)19-14-18(11-12-22-19)28-17-9-4-3-5-10-17/h3-14H,1-2H3,(H,23,26)(H,24,27). The van der Waals surface area contributed by atoms with E-state index in [1.165, 1.54) is 12.3 Å². The Labute approximate surface area is 162 Å². The number of pyridine rings is 1. The summed E-state index contributed by atoms with van der Waals surface area (Å²) in [5, 5.41) is 0. The van der Waals surface area contributed by atoms with E-state index in [-0.39, 0.29) is 5.69 Å². The predicted molar refractivity (Wildman–Crippen MR) is 106 cm³/mol. The molecule has 0 spiro atoms. The number of rotatable bonds is 5. The van der Waals surface area contributed by atoms with E-state index < -0.39 is 11.8 Å².